The van der Waals surface area contributed by atoms with Crippen molar-refractivity contribution in [1.82, 2.24) is 5.32 Å². The lowest BCUT2D eigenvalue weighted by molar-refractivity contribution is -0.384. The number of rotatable bonds is 7. The third kappa shape index (κ3) is 4.15. The summed E-state index contributed by atoms with van der Waals surface area (Å²) in [6, 6.07) is 3.71. The Hall–Kier alpha value is -2.36. The second kappa shape index (κ2) is 7.34. The second-order valence-corrected chi connectivity index (χ2v) is 9.14. The van der Waals surface area contributed by atoms with Crippen LogP contribution in [0.3, 0.4) is 0 Å². The van der Waals surface area contributed by atoms with E-state index in [-0.39, 0.29) is 23.2 Å². The summed E-state index contributed by atoms with van der Waals surface area (Å²) in [6.07, 6.45) is 5.27. The summed E-state index contributed by atoms with van der Waals surface area (Å²) in [4.78, 5) is 23.0. The van der Waals surface area contributed by atoms with Crippen LogP contribution < -0.4 is 14.4 Å². The van der Waals surface area contributed by atoms with Crippen LogP contribution in [0.15, 0.2) is 18.2 Å². The molecule has 0 saturated heterocycles. The van der Waals surface area contributed by atoms with Crippen molar-refractivity contribution < 1.29 is 22.9 Å². The Labute approximate surface area is 157 Å². The van der Waals surface area contributed by atoms with Gasteiger partial charge in [-0.3, -0.25) is 19.2 Å². The fourth-order valence-electron chi connectivity index (χ4n) is 4.17. The zero-order valence-electron chi connectivity index (χ0n) is 15.3. The zero-order chi connectivity index (χ0) is 19.8. The van der Waals surface area contributed by atoms with E-state index in [2.05, 4.69) is 5.32 Å². The Bertz CT molecular complexity index is 856. The summed E-state index contributed by atoms with van der Waals surface area (Å²) < 4.78 is 30.6. The van der Waals surface area contributed by atoms with Crippen molar-refractivity contribution in [3.63, 3.8) is 0 Å². The number of methoxy groups -OCH3 is 1. The molecule has 2 aliphatic carbocycles. The predicted octanol–water partition coefficient (Wildman–Crippen LogP) is 1.67. The Kier molecular flexibility index (Phi) is 5.27. The van der Waals surface area contributed by atoms with Crippen molar-refractivity contribution in [2.45, 2.75) is 31.7 Å². The van der Waals surface area contributed by atoms with Gasteiger partial charge in [-0.2, -0.15) is 0 Å². The van der Waals surface area contributed by atoms with Gasteiger partial charge in [0.25, 0.3) is 5.69 Å². The highest BCUT2D eigenvalue weighted by atomic mass is 32.2. The maximum atomic E-state index is 12.5. The van der Waals surface area contributed by atoms with Crippen LogP contribution in [0.25, 0.3) is 0 Å². The zero-order valence-corrected chi connectivity index (χ0v) is 16.1. The maximum absolute atomic E-state index is 12.5. The highest BCUT2D eigenvalue weighted by molar-refractivity contribution is 7.92. The first-order valence-corrected chi connectivity index (χ1v) is 10.6. The third-order valence-corrected chi connectivity index (χ3v) is 6.54. The number of amides is 1. The summed E-state index contributed by atoms with van der Waals surface area (Å²) in [5.74, 6) is 0.812. The van der Waals surface area contributed by atoms with Crippen LogP contribution in [0.1, 0.15) is 25.7 Å². The van der Waals surface area contributed by atoms with E-state index in [0.717, 1.165) is 35.9 Å². The molecular formula is C17H23N3O6S. The van der Waals surface area contributed by atoms with E-state index in [0.29, 0.717) is 11.8 Å². The summed E-state index contributed by atoms with van der Waals surface area (Å²) in [6.45, 7) is -0.454. The highest BCUT2D eigenvalue weighted by Crippen LogP contribution is 2.44. The second-order valence-electron chi connectivity index (χ2n) is 7.23. The molecule has 1 N–H and O–H groups in total. The number of non-ortho nitro benzene ring substituents is 1. The molecule has 2 bridgehead atoms. The Morgan fingerprint density at radius 2 is 2.11 bits per heavy atom. The van der Waals surface area contributed by atoms with Crippen LogP contribution in [-0.4, -0.2) is 45.2 Å². The molecule has 3 rings (SSSR count). The molecule has 2 saturated carbocycles. The fraction of sp³-hybridized carbons (Fsp3) is 0.588. The number of nitrogens with one attached hydrogen (secondary N) is 1. The lowest BCUT2D eigenvalue weighted by Gasteiger charge is -2.27. The molecule has 0 spiro atoms. The Morgan fingerprint density at radius 3 is 2.63 bits per heavy atom. The number of nitro groups is 1. The molecule has 0 aromatic heterocycles. The van der Waals surface area contributed by atoms with Crippen molar-refractivity contribution in [3.8, 4) is 5.75 Å². The number of hydrogen-bond donors (Lipinski definition) is 1. The molecular weight excluding hydrogens is 374 g/mol. The summed E-state index contributed by atoms with van der Waals surface area (Å²) in [5.41, 5.74) is -0.315. The van der Waals surface area contributed by atoms with Gasteiger partial charge >= 0.3 is 0 Å². The minimum Gasteiger partial charge on any atom is -0.495 e. The first kappa shape index (κ1) is 19.4. The first-order chi connectivity index (χ1) is 12.7. The first-order valence-electron chi connectivity index (χ1n) is 8.78. The molecule has 2 fully saturated rings. The Morgan fingerprint density at radius 1 is 1.37 bits per heavy atom. The number of anilines is 1. The predicted molar refractivity (Wildman–Crippen MR) is 99.2 cm³/mol. The van der Waals surface area contributed by atoms with Gasteiger partial charge in [-0.25, -0.2) is 8.42 Å². The van der Waals surface area contributed by atoms with Crippen molar-refractivity contribution in [3.05, 3.63) is 28.3 Å². The van der Waals surface area contributed by atoms with Gasteiger partial charge in [-0.1, -0.05) is 6.42 Å². The van der Waals surface area contributed by atoms with Gasteiger partial charge < -0.3 is 10.1 Å². The van der Waals surface area contributed by atoms with Gasteiger partial charge in [0.15, 0.2) is 0 Å². The number of nitro benzene ring substituents is 1. The number of ether oxygens (including phenoxy) is 1. The molecule has 10 heteroatoms. The highest BCUT2D eigenvalue weighted by Gasteiger charge is 2.40. The SMILES string of the molecule is COc1ccc([N+](=O)[O-])cc1N(CC(=O)N[C@H]1C[C@H]2CC[C@@H]1C2)S(C)(=O)=O. The van der Waals surface area contributed by atoms with Gasteiger partial charge in [-0.15, -0.1) is 0 Å². The molecule has 1 amide bonds. The van der Waals surface area contributed by atoms with Gasteiger partial charge in [0.1, 0.15) is 18.0 Å². The van der Waals surface area contributed by atoms with E-state index >= 15 is 0 Å². The molecule has 27 heavy (non-hydrogen) atoms. The molecule has 9 nitrogen and oxygen atoms in total. The van der Waals surface area contributed by atoms with E-state index < -0.39 is 27.4 Å². The summed E-state index contributed by atoms with van der Waals surface area (Å²) in [5, 5.41) is 14.0. The van der Waals surface area contributed by atoms with Gasteiger partial charge in [0.05, 0.1) is 18.3 Å². The van der Waals surface area contributed by atoms with Crippen LogP contribution in [0, 0.1) is 22.0 Å². The monoisotopic (exact) mass is 397 g/mol. The van der Waals surface area contributed by atoms with Crippen LogP contribution in [0.4, 0.5) is 11.4 Å². The summed E-state index contributed by atoms with van der Waals surface area (Å²) >= 11 is 0. The molecule has 1 aromatic carbocycles. The smallest absolute Gasteiger partial charge is 0.271 e. The number of nitrogens with zero attached hydrogens (tertiary/aromatic N) is 2. The minimum absolute atomic E-state index is 0.0303. The maximum Gasteiger partial charge on any atom is 0.271 e. The molecule has 2 aliphatic rings. The minimum atomic E-state index is -3.86. The van der Waals surface area contributed by atoms with Crippen molar-refractivity contribution in [1.29, 1.82) is 0 Å². The number of benzene rings is 1. The van der Waals surface area contributed by atoms with E-state index in [1.807, 2.05) is 0 Å². The number of carbonyl (C=O) groups is 1. The normalized spacial score (nSPS) is 23.9. The van der Waals surface area contributed by atoms with Gasteiger partial charge in [0, 0.05) is 18.2 Å². The number of fused-ring (bicyclic) bond motifs is 2. The molecule has 0 heterocycles. The van der Waals surface area contributed by atoms with E-state index in [4.69, 9.17) is 4.74 Å². The topological polar surface area (TPSA) is 119 Å². The van der Waals surface area contributed by atoms with Crippen LogP contribution in [0.5, 0.6) is 5.75 Å². The van der Waals surface area contributed by atoms with Gasteiger partial charge in [0.2, 0.25) is 15.9 Å². The van der Waals surface area contributed by atoms with Crippen LogP contribution >= 0.6 is 0 Å². The lowest BCUT2D eigenvalue weighted by Crippen LogP contribution is -2.45. The third-order valence-electron chi connectivity index (χ3n) is 5.41. The van der Waals surface area contributed by atoms with E-state index in [1.165, 1.54) is 25.7 Å². The summed E-state index contributed by atoms with van der Waals surface area (Å²) in [7, 11) is -2.53. The molecule has 0 unspecified atom stereocenters. The lowest BCUT2D eigenvalue weighted by atomic mass is 9.95. The van der Waals surface area contributed by atoms with Crippen molar-refractivity contribution >= 4 is 27.3 Å². The molecule has 3 atom stereocenters. The number of carbonyl (C=O) groups excluding carboxylic acids is 1. The quantitative estimate of drug-likeness (QED) is 0.552. The van der Waals surface area contributed by atoms with E-state index in [9.17, 15) is 23.3 Å². The molecule has 1 aromatic rings. The number of hydrogen-bond acceptors (Lipinski definition) is 6. The number of sulfonamides is 1. The molecule has 148 valence electrons. The van der Waals surface area contributed by atoms with Crippen molar-refractivity contribution in [2.75, 3.05) is 24.2 Å². The molecule has 0 radical (unpaired) electrons. The van der Waals surface area contributed by atoms with Crippen LogP contribution in [-0.2, 0) is 14.8 Å². The average Bonchev–Trinajstić information content (AvgIpc) is 3.21. The standard InChI is InChI=1S/C17H23N3O6S/c1-26-16-6-5-13(20(22)23)9-15(16)19(27(2,24)25)10-17(21)18-14-8-11-3-4-12(14)7-11/h5-6,9,11-12,14H,3-4,7-8,10H2,1-2H3,(H,18,21)/t11-,12+,14-/m0/s1. The molecule has 0 aliphatic heterocycles. The van der Waals surface area contributed by atoms with Crippen LogP contribution in [0.2, 0.25) is 0 Å². The fourth-order valence-corrected chi connectivity index (χ4v) is 5.02. The largest absolute Gasteiger partial charge is 0.495 e. The Balaban J connectivity index is 1.83. The van der Waals surface area contributed by atoms with Crippen molar-refractivity contribution in [2.24, 2.45) is 11.8 Å². The van der Waals surface area contributed by atoms with Gasteiger partial charge in [-0.05, 0) is 37.2 Å². The average molecular weight is 397 g/mol. The van der Waals surface area contributed by atoms with E-state index in [1.54, 1.807) is 0 Å².